The Morgan fingerprint density at radius 2 is 1.89 bits per heavy atom. The van der Waals surface area contributed by atoms with Crippen LogP contribution in [0.15, 0.2) is 18.2 Å². The zero-order valence-electron chi connectivity index (χ0n) is 11.5. The summed E-state index contributed by atoms with van der Waals surface area (Å²) < 4.78 is 14.2. The quantitative estimate of drug-likeness (QED) is 0.906. The van der Waals surface area contributed by atoms with Crippen molar-refractivity contribution >= 4 is 5.69 Å². The summed E-state index contributed by atoms with van der Waals surface area (Å²) in [5.74, 6) is -0.144. The molecule has 1 saturated carbocycles. The molecular weight excluding hydrogens is 241 g/mol. The lowest BCUT2D eigenvalue weighted by molar-refractivity contribution is 0.247. The highest BCUT2D eigenvalue weighted by molar-refractivity contribution is 5.56. The third-order valence-corrected chi connectivity index (χ3v) is 4.20. The number of piperazine rings is 1. The van der Waals surface area contributed by atoms with Gasteiger partial charge in [-0.15, -0.1) is 0 Å². The van der Waals surface area contributed by atoms with Crippen LogP contribution in [0.4, 0.5) is 10.1 Å². The second kappa shape index (κ2) is 5.10. The summed E-state index contributed by atoms with van der Waals surface area (Å²) in [7, 11) is 0. The van der Waals surface area contributed by atoms with E-state index in [9.17, 15) is 4.39 Å². The van der Waals surface area contributed by atoms with E-state index in [0.29, 0.717) is 5.69 Å². The second-order valence-corrected chi connectivity index (χ2v) is 5.72. The molecule has 1 saturated heterocycles. The van der Waals surface area contributed by atoms with Gasteiger partial charge in [0.2, 0.25) is 0 Å². The maximum Gasteiger partial charge on any atom is 0.146 e. The molecule has 3 nitrogen and oxygen atoms in total. The van der Waals surface area contributed by atoms with E-state index in [2.05, 4.69) is 9.80 Å². The molecule has 1 aliphatic heterocycles. The Morgan fingerprint density at radius 1 is 1.21 bits per heavy atom. The topological polar surface area (TPSA) is 32.5 Å². The normalized spacial score (nSPS) is 22.6. The molecule has 1 heterocycles. The zero-order chi connectivity index (χ0) is 13.4. The Kier molecular flexibility index (Phi) is 3.46. The van der Waals surface area contributed by atoms with E-state index < -0.39 is 0 Å². The third-order valence-electron chi connectivity index (χ3n) is 4.20. The van der Waals surface area contributed by atoms with Gasteiger partial charge in [-0.1, -0.05) is 12.1 Å². The maximum atomic E-state index is 14.2. The molecule has 1 atom stereocenters. The minimum Gasteiger partial charge on any atom is -0.366 e. The molecule has 19 heavy (non-hydrogen) atoms. The van der Waals surface area contributed by atoms with Crippen LogP contribution in [-0.4, -0.2) is 37.1 Å². The van der Waals surface area contributed by atoms with Crippen molar-refractivity contribution in [3.05, 3.63) is 29.6 Å². The first kappa shape index (κ1) is 12.9. The van der Waals surface area contributed by atoms with Crippen LogP contribution in [0.25, 0.3) is 0 Å². The first-order valence-corrected chi connectivity index (χ1v) is 7.20. The number of hydrogen-bond acceptors (Lipinski definition) is 3. The summed E-state index contributed by atoms with van der Waals surface area (Å²) in [5, 5.41) is 0. The van der Waals surface area contributed by atoms with Crippen molar-refractivity contribution in [3.8, 4) is 0 Å². The van der Waals surface area contributed by atoms with Gasteiger partial charge in [-0.3, -0.25) is 4.90 Å². The van der Waals surface area contributed by atoms with Crippen molar-refractivity contribution in [2.45, 2.75) is 31.8 Å². The molecule has 3 rings (SSSR count). The van der Waals surface area contributed by atoms with E-state index in [1.54, 1.807) is 6.07 Å². The van der Waals surface area contributed by atoms with Crippen LogP contribution in [-0.2, 0) is 0 Å². The predicted molar refractivity (Wildman–Crippen MR) is 75.8 cm³/mol. The van der Waals surface area contributed by atoms with Crippen LogP contribution in [0.1, 0.15) is 31.4 Å². The number of para-hydroxylation sites is 1. The van der Waals surface area contributed by atoms with Crippen LogP contribution in [0.5, 0.6) is 0 Å². The minimum absolute atomic E-state index is 0.132. The molecule has 4 heteroatoms. The lowest BCUT2D eigenvalue weighted by atomic mass is 10.0. The fraction of sp³-hybridized carbons (Fsp3) is 0.600. The average molecular weight is 263 g/mol. The molecular formula is C15H22FN3. The molecule has 1 aromatic rings. The molecule has 104 valence electrons. The van der Waals surface area contributed by atoms with Crippen molar-refractivity contribution < 1.29 is 4.39 Å². The highest BCUT2D eigenvalue weighted by Crippen LogP contribution is 2.32. The lowest BCUT2D eigenvalue weighted by Crippen LogP contribution is -2.47. The van der Waals surface area contributed by atoms with Gasteiger partial charge in [0.25, 0.3) is 0 Å². The third kappa shape index (κ3) is 2.60. The highest BCUT2D eigenvalue weighted by Gasteiger charge is 2.32. The van der Waals surface area contributed by atoms with Gasteiger partial charge in [-0.05, 0) is 31.4 Å². The number of rotatable bonds is 3. The van der Waals surface area contributed by atoms with Crippen molar-refractivity contribution in [1.29, 1.82) is 0 Å². The van der Waals surface area contributed by atoms with Crippen molar-refractivity contribution in [1.82, 2.24) is 4.90 Å². The van der Waals surface area contributed by atoms with Crippen LogP contribution in [0.2, 0.25) is 0 Å². The van der Waals surface area contributed by atoms with Gasteiger partial charge in [-0.25, -0.2) is 4.39 Å². The molecule has 2 aliphatic rings. The summed E-state index contributed by atoms with van der Waals surface area (Å²) in [4.78, 5) is 4.69. The van der Waals surface area contributed by atoms with Crippen molar-refractivity contribution in [2.24, 2.45) is 5.73 Å². The van der Waals surface area contributed by atoms with Gasteiger partial charge in [0.05, 0.1) is 5.69 Å². The predicted octanol–water partition coefficient (Wildman–Crippen LogP) is 2.13. The number of nitrogens with two attached hydrogens (primary N) is 1. The highest BCUT2D eigenvalue weighted by atomic mass is 19.1. The summed E-state index contributed by atoms with van der Waals surface area (Å²) in [5.41, 5.74) is 7.60. The van der Waals surface area contributed by atoms with Gasteiger partial charge >= 0.3 is 0 Å². The molecule has 1 aromatic carbocycles. The number of nitrogens with zero attached hydrogens (tertiary/aromatic N) is 2. The van der Waals surface area contributed by atoms with Crippen LogP contribution >= 0.6 is 0 Å². The molecule has 1 aliphatic carbocycles. The first-order valence-electron chi connectivity index (χ1n) is 7.20. The van der Waals surface area contributed by atoms with Crippen molar-refractivity contribution in [3.63, 3.8) is 0 Å². The zero-order valence-corrected chi connectivity index (χ0v) is 11.5. The van der Waals surface area contributed by atoms with Gasteiger partial charge in [0.1, 0.15) is 5.82 Å². The Labute approximate surface area is 114 Å². The fourth-order valence-corrected chi connectivity index (χ4v) is 2.98. The minimum atomic E-state index is -0.144. The molecule has 0 aromatic heterocycles. The van der Waals surface area contributed by atoms with Crippen LogP contribution in [0.3, 0.4) is 0 Å². The van der Waals surface area contributed by atoms with E-state index in [4.69, 9.17) is 5.73 Å². The average Bonchev–Trinajstić information content (AvgIpc) is 3.23. The molecule has 1 unspecified atom stereocenters. The molecule has 0 amide bonds. The smallest absolute Gasteiger partial charge is 0.146 e. The largest absolute Gasteiger partial charge is 0.366 e. The Morgan fingerprint density at radius 3 is 2.47 bits per heavy atom. The Balaban J connectivity index is 1.78. The van der Waals surface area contributed by atoms with E-state index in [1.807, 2.05) is 13.0 Å². The lowest BCUT2D eigenvalue weighted by Gasteiger charge is -2.37. The fourth-order valence-electron chi connectivity index (χ4n) is 2.98. The number of benzene rings is 1. The van der Waals surface area contributed by atoms with Crippen LogP contribution < -0.4 is 10.6 Å². The Bertz CT molecular complexity index is 449. The summed E-state index contributed by atoms with van der Waals surface area (Å²) >= 11 is 0. The monoisotopic (exact) mass is 263 g/mol. The van der Waals surface area contributed by atoms with Crippen LogP contribution in [0, 0.1) is 5.82 Å². The number of hydrogen-bond donors (Lipinski definition) is 1. The standard InChI is InChI=1S/C15H22FN3/c1-11(17)13-3-2-4-14(16)15(13)19-9-7-18(8-10-19)12-5-6-12/h2-4,11-12H,5-10,17H2,1H3. The number of anilines is 1. The second-order valence-electron chi connectivity index (χ2n) is 5.72. The van der Waals surface area contributed by atoms with Gasteiger partial charge in [0, 0.05) is 38.3 Å². The first-order chi connectivity index (χ1) is 9.16. The summed E-state index contributed by atoms with van der Waals surface area (Å²) in [6.45, 7) is 5.79. The Hall–Kier alpha value is -1.13. The van der Waals surface area contributed by atoms with Gasteiger partial charge < -0.3 is 10.6 Å². The van der Waals surface area contributed by atoms with Gasteiger partial charge in [-0.2, -0.15) is 0 Å². The maximum absolute atomic E-state index is 14.2. The van der Waals surface area contributed by atoms with E-state index in [-0.39, 0.29) is 11.9 Å². The summed E-state index contributed by atoms with van der Waals surface area (Å²) in [6, 6.07) is 5.89. The SMILES string of the molecule is CC(N)c1cccc(F)c1N1CCN(C2CC2)CC1. The molecule has 0 radical (unpaired) electrons. The van der Waals surface area contributed by atoms with E-state index in [1.165, 1.54) is 18.9 Å². The van der Waals surface area contributed by atoms with Gasteiger partial charge in [0.15, 0.2) is 0 Å². The van der Waals surface area contributed by atoms with Crippen molar-refractivity contribution in [2.75, 3.05) is 31.1 Å². The van der Waals surface area contributed by atoms with E-state index >= 15 is 0 Å². The molecule has 0 bridgehead atoms. The molecule has 2 N–H and O–H groups in total. The number of halogens is 1. The van der Waals surface area contributed by atoms with E-state index in [0.717, 1.165) is 37.8 Å². The summed E-state index contributed by atoms with van der Waals surface area (Å²) in [6.07, 6.45) is 2.68. The molecule has 2 fully saturated rings. The molecule has 0 spiro atoms.